The Hall–Kier alpha value is -0.610. The standard InChI is InChI=1S/C14H29N3O/c1-11(2)17-14(18)7-9-15-12(3)10-13-6-4-5-8-16-13/h11-13,15-16H,4-10H2,1-3H3,(H,17,18). The fourth-order valence-corrected chi connectivity index (χ4v) is 2.46. The predicted molar refractivity (Wildman–Crippen MR) is 75.6 cm³/mol. The lowest BCUT2D eigenvalue weighted by molar-refractivity contribution is -0.121. The first-order chi connectivity index (χ1) is 8.58. The van der Waals surface area contributed by atoms with Gasteiger partial charge in [0.15, 0.2) is 0 Å². The van der Waals surface area contributed by atoms with Gasteiger partial charge in [0, 0.05) is 31.1 Å². The average molecular weight is 255 g/mol. The molecule has 0 spiro atoms. The minimum Gasteiger partial charge on any atom is -0.354 e. The summed E-state index contributed by atoms with van der Waals surface area (Å²) in [4.78, 5) is 11.5. The van der Waals surface area contributed by atoms with E-state index in [0.29, 0.717) is 18.5 Å². The molecule has 1 aliphatic rings. The van der Waals surface area contributed by atoms with Crippen molar-refractivity contribution < 1.29 is 4.79 Å². The van der Waals surface area contributed by atoms with Crippen LogP contribution in [-0.2, 0) is 4.79 Å². The van der Waals surface area contributed by atoms with Crippen molar-refractivity contribution in [3.8, 4) is 0 Å². The Morgan fingerprint density at radius 1 is 1.33 bits per heavy atom. The summed E-state index contributed by atoms with van der Waals surface area (Å²) in [5.74, 6) is 0.139. The smallest absolute Gasteiger partial charge is 0.221 e. The van der Waals surface area contributed by atoms with E-state index in [1.807, 2.05) is 13.8 Å². The van der Waals surface area contributed by atoms with Gasteiger partial charge >= 0.3 is 0 Å². The summed E-state index contributed by atoms with van der Waals surface area (Å²) in [5, 5.41) is 9.90. The molecule has 1 saturated heterocycles. The Labute approximate surface area is 111 Å². The molecule has 1 aliphatic heterocycles. The molecular weight excluding hydrogens is 226 g/mol. The molecule has 1 amide bonds. The third-order valence-corrected chi connectivity index (χ3v) is 3.34. The average Bonchev–Trinajstić information content (AvgIpc) is 2.29. The molecule has 0 aromatic heterocycles. The number of hydrogen-bond acceptors (Lipinski definition) is 3. The summed E-state index contributed by atoms with van der Waals surface area (Å²) >= 11 is 0. The molecule has 4 heteroatoms. The van der Waals surface area contributed by atoms with E-state index in [9.17, 15) is 4.79 Å². The normalized spacial score (nSPS) is 21.9. The van der Waals surface area contributed by atoms with Crippen LogP contribution in [0.15, 0.2) is 0 Å². The lowest BCUT2D eigenvalue weighted by Gasteiger charge is -2.26. The van der Waals surface area contributed by atoms with Crippen molar-refractivity contribution in [3.63, 3.8) is 0 Å². The second-order valence-corrected chi connectivity index (χ2v) is 5.71. The molecule has 3 N–H and O–H groups in total. The van der Waals surface area contributed by atoms with Gasteiger partial charge in [-0.2, -0.15) is 0 Å². The van der Waals surface area contributed by atoms with E-state index in [-0.39, 0.29) is 11.9 Å². The quantitative estimate of drug-likeness (QED) is 0.645. The Morgan fingerprint density at radius 2 is 2.11 bits per heavy atom. The summed E-state index contributed by atoms with van der Waals surface area (Å²) in [7, 11) is 0. The van der Waals surface area contributed by atoms with Gasteiger partial charge in [0.25, 0.3) is 0 Å². The number of hydrogen-bond donors (Lipinski definition) is 3. The molecule has 0 radical (unpaired) electrons. The topological polar surface area (TPSA) is 53.2 Å². The van der Waals surface area contributed by atoms with Crippen LogP contribution in [-0.4, -0.2) is 37.1 Å². The van der Waals surface area contributed by atoms with Crippen molar-refractivity contribution >= 4 is 5.91 Å². The van der Waals surface area contributed by atoms with E-state index in [0.717, 1.165) is 19.5 Å². The zero-order valence-electron chi connectivity index (χ0n) is 12.1. The third kappa shape index (κ3) is 6.97. The maximum atomic E-state index is 11.5. The molecule has 18 heavy (non-hydrogen) atoms. The first-order valence-corrected chi connectivity index (χ1v) is 7.34. The highest BCUT2D eigenvalue weighted by Crippen LogP contribution is 2.11. The van der Waals surface area contributed by atoms with Crippen LogP contribution >= 0.6 is 0 Å². The van der Waals surface area contributed by atoms with E-state index in [1.54, 1.807) is 0 Å². The SMILES string of the molecule is CC(C)NC(=O)CCNC(C)CC1CCCCN1. The Balaban J connectivity index is 2.05. The van der Waals surface area contributed by atoms with E-state index >= 15 is 0 Å². The van der Waals surface area contributed by atoms with E-state index in [2.05, 4.69) is 22.9 Å². The lowest BCUT2D eigenvalue weighted by Crippen LogP contribution is -2.41. The van der Waals surface area contributed by atoms with Gasteiger partial charge in [-0.25, -0.2) is 0 Å². The van der Waals surface area contributed by atoms with Crippen molar-refractivity contribution in [2.45, 2.75) is 71.0 Å². The lowest BCUT2D eigenvalue weighted by atomic mass is 9.99. The van der Waals surface area contributed by atoms with Crippen LogP contribution in [0.5, 0.6) is 0 Å². The Kier molecular flexibility index (Phi) is 7.28. The van der Waals surface area contributed by atoms with Crippen LogP contribution in [0, 0.1) is 0 Å². The number of nitrogens with one attached hydrogen (secondary N) is 3. The second kappa shape index (κ2) is 8.48. The number of carbonyl (C=O) groups is 1. The van der Waals surface area contributed by atoms with Gasteiger partial charge in [-0.3, -0.25) is 4.79 Å². The molecule has 1 rings (SSSR count). The van der Waals surface area contributed by atoms with E-state index < -0.39 is 0 Å². The highest BCUT2D eigenvalue weighted by atomic mass is 16.1. The molecule has 4 nitrogen and oxygen atoms in total. The molecule has 106 valence electrons. The van der Waals surface area contributed by atoms with Gasteiger partial charge in [-0.05, 0) is 46.6 Å². The highest BCUT2D eigenvalue weighted by Gasteiger charge is 2.15. The fraction of sp³-hybridized carbons (Fsp3) is 0.929. The summed E-state index contributed by atoms with van der Waals surface area (Å²) in [5.41, 5.74) is 0. The molecule has 0 aromatic carbocycles. The number of carbonyl (C=O) groups excluding carboxylic acids is 1. The molecule has 0 aliphatic carbocycles. The summed E-state index contributed by atoms with van der Waals surface area (Å²) in [6, 6.07) is 1.37. The minimum atomic E-state index is 0.139. The minimum absolute atomic E-state index is 0.139. The van der Waals surface area contributed by atoms with E-state index in [1.165, 1.54) is 19.3 Å². The second-order valence-electron chi connectivity index (χ2n) is 5.71. The Bertz CT molecular complexity index is 237. The summed E-state index contributed by atoms with van der Waals surface area (Å²) in [6.45, 7) is 8.11. The van der Waals surface area contributed by atoms with Gasteiger partial charge in [0.2, 0.25) is 5.91 Å². The molecule has 0 bridgehead atoms. The summed E-state index contributed by atoms with van der Waals surface area (Å²) in [6.07, 6.45) is 5.68. The van der Waals surface area contributed by atoms with Crippen molar-refractivity contribution in [3.05, 3.63) is 0 Å². The van der Waals surface area contributed by atoms with Crippen molar-refractivity contribution in [1.82, 2.24) is 16.0 Å². The van der Waals surface area contributed by atoms with Crippen molar-refractivity contribution in [2.75, 3.05) is 13.1 Å². The third-order valence-electron chi connectivity index (χ3n) is 3.34. The summed E-state index contributed by atoms with van der Waals surface area (Å²) < 4.78 is 0. The maximum absolute atomic E-state index is 11.5. The van der Waals surface area contributed by atoms with Crippen molar-refractivity contribution in [1.29, 1.82) is 0 Å². The van der Waals surface area contributed by atoms with Crippen LogP contribution < -0.4 is 16.0 Å². The molecule has 2 unspecified atom stereocenters. The van der Waals surface area contributed by atoms with E-state index in [4.69, 9.17) is 0 Å². The highest BCUT2D eigenvalue weighted by molar-refractivity contribution is 5.76. The molecule has 2 atom stereocenters. The van der Waals surface area contributed by atoms with Crippen molar-refractivity contribution in [2.24, 2.45) is 0 Å². The van der Waals surface area contributed by atoms with Gasteiger partial charge in [-0.1, -0.05) is 6.42 Å². The van der Waals surface area contributed by atoms with Gasteiger partial charge in [0.05, 0.1) is 0 Å². The van der Waals surface area contributed by atoms with Gasteiger partial charge < -0.3 is 16.0 Å². The number of piperidine rings is 1. The zero-order valence-corrected chi connectivity index (χ0v) is 12.1. The molecule has 1 fully saturated rings. The molecular formula is C14H29N3O. The fourth-order valence-electron chi connectivity index (χ4n) is 2.46. The number of rotatable bonds is 7. The van der Waals surface area contributed by atoms with Crippen LogP contribution in [0.1, 0.15) is 52.9 Å². The van der Waals surface area contributed by atoms with Crippen LogP contribution in [0.3, 0.4) is 0 Å². The predicted octanol–water partition coefficient (Wildman–Crippen LogP) is 1.41. The monoisotopic (exact) mass is 255 g/mol. The van der Waals surface area contributed by atoms with Crippen LogP contribution in [0.25, 0.3) is 0 Å². The molecule has 0 aromatic rings. The Morgan fingerprint density at radius 3 is 2.72 bits per heavy atom. The number of amides is 1. The zero-order chi connectivity index (χ0) is 13.4. The first-order valence-electron chi connectivity index (χ1n) is 7.34. The van der Waals surface area contributed by atoms with Gasteiger partial charge in [-0.15, -0.1) is 0 Å². The largest absolute Gasteiger partial charge is 0.354 e. The van der Waals surface area contributed by atoms with Gasteiger partial charge in [0.1, 0.15) is 0 Å². The van der Waals surface area contributed by atoms with Crippen LogP contribution in [0.2, 0.25) is 0 Å². The molecule has 0 saturated carbocycles. The first kappa shape index (κ1) is 15.4. The molecule has 1 heterocycles. The van der Waals surface area contributed by atoms with Crippen LogP contribution in [0.4, 0.5) is 0 Å². The maximum Gasteiger partial charge on any atom is 0.221 e.